The minimum Gasteiger partial charge on any atom is -0.326 e. The van der Waals surface area contributed by atoms with Crippen molar-refractivity contribution in [2.75, 3.05) is 0 Å². The third kappa shape index (κ3) is 3.46. The van der Waals surface area contributed by atoms with E-state index in [-0.39, 0.29) is 11.4 Å². The lowest BCUT2D eigenvalue weighted by Gasteiger charge is -2.23. The molecule has 2 N–H and O–H groups in total. The first-order valence-corrected chi connectivity index (χ1v) is 4.93. The van der Waals surface area contributed by atoms with Crippen molar-refractivity contribution in [3.8, 4) is 0 Å². The molecule has 0 fully saturated rings. The van der Waals surface area contributed by atoms with Crippen LogP contribution in [0.25, 0.3) is 0 Å². The Hall–Kier alpha value is -0.890. The molecule has 0 aliphatic rings. The molecule has 1 nitrogen and oxygen atoms in total. The van der Waals surface area contributed by atoms with Gasteiger partial charge in [0.25, 0.3) is 0 Å². The fourth-order valence-electron chi connectivity index (χ4n) is 1.70. The molecule has 1 atom stereocenters. The normalized spacial score (nSPS) is 14.1. The Bertz CT molecular complexity index is 284. The molecule has 78 valence electrons. The van der Waals surface area contributed by atoms with Crippen molar-refractivity contribution in [3.05, 3.63) is 35.6 Å². The fourth-order valence-corrected chi connectivity index (χ4v) is 1.70. The summed E-state index contributed by atoms with van der Waals surface area (Å²) in [4.78, 5) is 0. The molecule has 1 aromatic carbocycles. The summed E-state index contributed by atoms with van der Waals surface area (Å²) in [6.07, 6.45) is 0.901. The summed E-state index contributed by atoms with van der Waals surface area (Å²) >= 11 is 0. The molecule has 0 spiro atoms. The Morgan fingerprint density at radius 3 is 2.21 bits per heavy atom. The number of hydrogen-bond donors (Lipinski definition) is 1. The highest BCUT2D eigenvalue weighted by atomic mass is 19.1. The number of benzene rings is 1. The van der Waals surface area contributed by atoms with Gasteiger partial charge in [0.2, 0.25) is 0 Å². The van der Waals surface area contributed by atoms with E-state index < -0.39 is 0 Å². The molecule has 1 unspecified atom stereocenters. The molecule has 0 radical (unpaired) electrons. The first-order valence-electron chi connectivity index (χ1n) is 4.93. The fraction of sp³-hybridized carbons (Fsp3) is 0.500. The van der Waals surface area contributed by atoms with Crippen molar-refractivity contribution in [1.29, 1.82) is 0 Å². The van der Waals surface area contributed by atoms with Crippen molar-refractivity contribution >= 4 is 0 Å². The van der Waals surface area contributed by atoms with Gasteiger partial charge in [-0.15, -0.1) is 0 Å². The van der Waals surface area contributed by atoms with Crippen molar-refractivity contribution in [3.63, 3.8) is 0 Å². The highest BCUT2D eigenvalue weighted by molar-refractivity contribution is 5.20. The molecular weight excluding hydrogens is 177 g/mol. The largest absolute Gasteiger partial charge is 0.326 e. The molecule has 1 aromatic rings. The first-order chi connectivity index (χ1) is 6.38. The van der Waals surface area contributed by atoms with Crippen molar-refractivity contribution in [2.45, 2.75) is 38.6 Å². The smallest absolute Gasteiger partial charge is 0.123 e. The van der Waals surface area contributed by atoms with Crippen LogP contribution < -0.4 is 5.73 Å². The number of nitrogens with two attached hydrogens (primary N) is 1. The van der Waals surface area contributed by atoms with E-state index in [1.807, 2.05) is 26.0 Å². The van der Waals surface area contributed by atoms with Crippen molar-refractivity contribution in [2.24, 2.45) is 5.73 Å². The standard InChI is InChI=1S/C12H18FN/c1-9(8-12(2,3)14)10-4-6-11(13)7-5-10/h4-7,9H,8,14H2,1-3H3. The predicted molar refractivity (Wildman–Crippen MR) is 57.7 cm³/mol. The Morgan fingerprint density at radius 1 is 1.29 bits per heavy atom. The monoisotopic (exact) mass is 195 g/mol. The summed E-state index contributed by atoms with van der Waals surface area (Å²) in [5.74, 6) is 0.184. The Kier molecular flexibility index (Phi) is 3.27. The van der Waals surface area contributed by atoms with Crippen LogP contribution >= 0.6 is 0 Å². The zero-order valence-electron chi connectivity index (χ0n) is 9.05. The highest BCUT2D eigenvalue weighted by Crippen LogP contribution is 2.24. The molecule has 1 rings (SSSR count). The summed E-state index contributed by atoms with van der Waals surface area (Å²) in [6, 6.07) is 6.64. The molecule has 14 heavy (non-hydrogen) atoms. The first kappa shape index (κ1) is 11.2. The minimum atomic E-state index is -0.187. The molecular formula is C12H18FN. The molecule has 0 heterocycles. The van der Waals surface area contributed by atoms with E-state index in [9.17, 15) is 4.39 Å². The number of rotatable bonds is 3. The molecule has 0 bridgehead atoms. The van der Waals surface area contributed by atoms with Gasteiger partial charge in [-0.05, 0) is 43.9 Å². The maximum Gasteiger partial charge on any atom is 0.123 e. The van der Waals surface area contributed by atoms with Gasteiger partial charge in [-0.3, -0.25) is 0 Å². The van der Waals surface area contributed by atoms with Gasteiger partial charge in [0, 0.05) is 5.54 Å². The second-order valence-electron chi connectivity index (χ2n) is 4.65. The van der Waals surface area contributed by atoms with Crippen LogP contribution in [0, 0.1) is 5.82 Å². The Labute approximate surface area is 85.1 Å². The molecule has 0 aliphatic heterocycles. The predicted octanol–water partition coefficient (Wildman–Crippen LogP) is 3.06. The molecule has 0 amide bonds. The molecule has 2 heteroatoms. The van der Waals surface area contributed by atoms with Gasteiger partial charge in [0.15, 0.2) is 0 Å². The van der Waals surface area contributed by atoms with Crippen LogP contribution in [0.2, 0.25) is 0 Å². The van der Waals surface area contributed by atoms with Gasteiger partial charge in [-0.1, -0.05) is 19.1 Å². The third-order valence-corrected chi connectivity index (χ3v) is 2.27. The van der Waals surface area contributed by atoms with E-state index in [1.165, 1.54) is 12.1 Å². The lowest BCUT2D eigenvalue weighted by atomic mass is 9.88. The van der Waals surface area contributed by atoms with E-state index in [0.717, 1.165) is 12.0 Å². The lowest BCUT2D eigenvalue weighted by molar-refractivity contribution is 0.437. The van der Waals surface area contributed by atoms with Crippen LogP contribution in [-0.2, 0) is 0 Å². The van der Waals surface area contributed by atoms with Crippen LogP contribution in [0.4, 0.5) is 4.39 Å². The SMILES string of the molecule is CC(CC(C)(C)N)c1ccc(F)cc1. The second-order valence-corrected chi connectivity index (χ2v) is 4.65. The summed E-state index contributed by atoms with van der Waals surface area (Å²) in [7, 11) is 0. The molecule has 0 saturated carbocycles. The maximum absolute atomic E-state index is 12.7. The quantitative estimate of drug-likeness (QED) is 0.788. The van der Waals surface area contributed by atoms with Gasteiger partial charge in [-0.2, -0.15) is 0 Å². The molecule has 0 aliphatic carbocycles. The zero-order valence-corrected chi connectivity index (χ0v) is 9.05. The summed E-state index contributed by atoms with van der Waals surface area (Å²) in [6.45, 7) is 6.13. The van der Waals surface area contributed by atoms with E-state index in [0.29, 0.717) is 5.92 Å². The summed E-state index contributed by atoms with van der Waals surface area (Å²) in [5, 5.41) is 0. The maximum atomic E-state index is 12.7. The van der Waals surface area contributed by atoms with Crippen molar-refractivity contribution in [1.82, 2.24) is 0 Å². The average Bonchev–Trinajstić information content (AvgIpc) is 2.02. The zero-order chi connectivity index (χ0) is 10.8. The van der Waals surface area contributed by atoms with Gasteiger partial charge in [0.05, 0.1) is 0 Å². The van der Waals surface area contributed by atoms with Gasteiger partial charge in [0.1, 0.15) is 5.82 Å². The van der Waals surface area contributed by atoms with Crippen LogP contribution in [0.1, 0.15) is 38.7 Å². The van der Waals surface area contributed by atoms with Crippen LogP contribution in [-0.4, -0.2) is 5.54 Å². The summed E-state index contributed by atoms with van der Waals surface area (Å²) < 4.78 is 12.7. The van der Waals surface area contributed by atoms with E-state index in [4.69, 9.17) is 5.73 Å². The third-order valence-electron chi connectivity index (χ3n) is 2.27. The van der Waals surface area contributed by atoms with Crippen LogP contribution in [0.3, 0.4) is 0 Å². The minimum absolute atomic E-state index is 0.173. The van der Waals surface area contributed by atoms with E-state index in [2.05, 4.69) is 6.92 Å². The summed E-state index contributed by atoms with van der Waals surface area (Å²) in [5.41, 5.74) is 6.90. The Morgan fingerprint density at radius 2 is 1.79 bits per heavy atom. The molecule has 0 saturated heterocycles. The van der Waals surface area contributed by atoms with Crippen LogP contribution in [0.15, 0.2) is 24.3 Å². The Balaban J connectivity index is 2.70. The molecule has 0 aromatic heterocycles. The van der Waals surface area contributed by atoms with Gasteiger partial charge in [-0.25, -0.2) is 4.39 Å². The topological polar surface area (TPSA) is 26.0 Å². The van der Waals surface area contributed by atoms with Crippen LogP contribution in [0.5, 0.6) is 0 Å². The van der Waals surface area contributed by atoms with E-state index >= 15 is 0 Å². The lowest BCUT2D eigenvalue weighted by Crippen LogP contribution is -2.33. The van der Waals surface area contributed by atoms with E-state index in [1.54, 1.807) is 0 Å². The highest BCUT2D eigenvalue weighted by Gasteiger charge is 2.16. The average molecular weight is 195 g/mol. The van der Waals surface area contributed by atoms with Gasteiger partial charge >= 0.3 is 0 Å². The number of hydrogen-bond acceptors (Lipinski definition) is 1. The van der Waals surface area contributed by atoms with Crippen molar-refractivity contribution < 1.29 is 4.39 Å². The van der Waals surface area contributed by atoms with Gasteiger partial charge < -0.3 is 5.73 Å². The number of halogens is 1. The second kappa shape index (κ2) is 4.09.